The molecule has 1 aromatic rings. The first kappa shape index (κ1) is 24.7. The van der Waals surface area contributed by atoms with Gasteiger partial charge < -0.3 is 19.7 Å². The molecule has 8 heteroatoms. The number of nitrogens with zero attached hydrogens (tertiary/aromatic N) is 1. The number of ketones is 1. The normalized spacial score (nSPS) is 11.1. The van der Waals surface area contributed by atoms with Gasteiger partial charge in [0, 0.05) is 25.9 Å². The molecule has 0 aliphatic heterocycles. The Labute approximate surface area is 176 Å². The van der Waals surface area contributed by atoms with Crippen molar-refractivity contribution >= 4 is 17.8 Å². The van der Waals surface area contributed by atoms with E-state index in [1.165, 1.54) is 23.2 Å². The number of halogens is 1. The molecule has 0 aliphatic carbocycles. The molecular formula is C22H27FN2O5. The van der Waals surface area contributed by atoms with Gasteiger partial charge in [-0.25, -0.2) is 14.0 Å². The van der Waals surface area contributed by atoms with Gasteiger partial charge in [0.15, 0.2) is 0 Å². The summed E-state index contributed by atoms with van der Waals surface area (Å²) in [7, 11) is 3.25. The molecule has 0 bridgehead atoms. The highest BCUT2D eigenvalue weighted by Gasteiger charge is 2.24. The van der Waals surface area contributed by atoms with Gasteiger partial charge in [-0.3, -0.25) is 4.79 Å². The van der Waals surface area contributed by atoms with Gasteiger partial charge in [-0.15, -0.1) is 0 Å². The molecular weight excluding hydrogens is 391 g/mol. The number of carbonyl (C=O) groups is 3. The van der Waals surface area contributed by atoms with E-state index >= 15 is 0 Å². The number of nitrogens with one attached hydrogen (secondary N) is 1. The lowest BCUT2D eigenvalue weighted by Gasteiger charge is -2.19. The van der Waals surface area contributed by atoms with Crippen LogP contribution in [0.3, 0.4) is 0 Å². The third-order valence-electron chi connectivity index (χ3n) is 3.29. The first-order valence-electron chi connectivity index (χ1n) is 9.30. The fourth-order valence-corrected chi connectivity index (χ4v) is 2.17. The third-order valence-corrected chi connectivity index (χ3v) is 3.29. The molecule has 0 aliphatic rings. The summed E-state index contributed by atoms with van der Waals surface area (Å²) < 4.78 is 24.3. The second kappa shape index (κ2) is 11.0. The summed E-state index contributed by atoms with van der Waals surface area (Å²) >= 11 is 0. The Hall–Kier alpha value is -3.34. The molecule has 162 valence electrons. The van der Waals surface area contributed by atoms with Crippen LogP contribution in [0.15, 0.2) is 30.0 Å². The molecule has 1 amide bonds. The number of hydrogen-bond acceptors (Lipinski definition) is 6. The van der Waals surface area contributed by atoms with Crippen LogP contribution in [0, 0.1) is 17.7 Å². The second-order valence-electron chi connectivity index (χ2n) is 7.41. The van der Waals surface area contributed by atoms with E-state index in [0.717, 1.165) is 6.07 Å². The zero-order valence-corrected chi connectivity index (χ0v) is 18.1. The van der Waals surface area contributed by atoms with Gasteiger partial charge in [-0.05, 0) is 45.9 Å². The summed E-state index contributed by atoms with van der Waals surface area (Å²) in [5.74, 6) is 3.00. The van der Waals surface area contributed by atoms with E-state index < -0.39 is 29.3 Å². The molecule has 1 aromatic carbocycles. The number of rotatable bonds is 6. The van der Waals surface area contributed by atoms with Crippen LogP contribution in [0.4, 0.5) is 9.18 Å². The van der Waals surface area contributed by atoms with Crippen molar-refractivity contribution < 1.29 is 28.2 Å². The Morgan fingerprint density at radius 1 is 1.23 bits per heavy atom. The zero-order chi connectivity index (χ0) is 22.9. The largest absolute Gasteiger partial charge is 0.462 e. The van der Waals surface area contributed by atoms with Crippen LogP contribution in [0.1, 0.15) is 43.6 Å². The van der Waals surface area contributed by atoms with Crippen LogP contribution in [-0.4, -0.2) is 55.6 Å². The zero-order valence-electron chi connectivity index (χ0n) is 18.1. The molecule has 7 nitrogen and oxygen atoms in total. The van der Waals surface area contributed by atoms with Crippen molar-refractivity contribution in [1.29, 1.82) is 0 Å². The van der Waals surface area contributed by atoms with E-state index in [-0.39, 0.29) is 24.3 Å². The van der Waals surface area contributed by atoms with Gasteiger partial charge in [-0.2, -0.15) is 0 Å². The van der Waals surface area contributed by atoms with Crippen molar-refractivity contribution in [2.75, 3.05) is 27.2 Å². The van der Waals surface area contributed by atoms with Crippen LogP contribution in [0.2, 0.25) is 0 Å². The monoisotopic (exact) mass is 418 g/mol. The van der Waals surface area contributed by atoms with Crippen molar-refractivity contribution in [2.45, 2.75) is 33.3 Å². The Bertz CT molecular complexity index is 889. The molecule has 0 saturated heterocycles. The molecule has 0 saturated carbocycles. The summed E-state index contributed by atoms with van der Waals surface area (Å²) in [6.45, 7) is 6.91. The summed E-state index contributed by atoms with van der Waals surface area (Å²) in [5.41, 5.74) is -0.875. The minimum atomic E-state index is -0.839. The molecule has 0 fully saturated rings. The average Bonchev–Trinajstić information content (AvgIpc) is 2.62. The topological polar surface area (TPSA) is 84.9 Å². The quantitative estimate of drug-likeness (QED) is 0.191. The number of amides is 1. The number of ether oxygens (including phenoxy) is 2. The van der Waals surface area contributed by atoms with Crippen molar-refractivity contribution in [3.8, 4) is 11.8 Å². The number of esters is 1. The SMILES string of the molecule is CCOC(=O)/C(=C\N(C)C)C(=O)c1cc(C#CCNC(=O)OC(C)(C)C)ccc1F. The highest BCUT2D eigenvalue weighted by Crippen LogP contribution is 2.16. The van der Waals surface area contributed by atoms with E-state index in [4.69, 9.17) is 9.47 Å². The average molecular weight is 418 g/mol. The maximum absolute atomic E-state index is 14.3. The smallest absolute Gasteiger partial charge is 0.408 e. The van der Waals surface area contributed by atoms with Crippen molar-refractivity contribution in [1.82, 2.24) is 10.2 Å². The molecule has 0 unspecified atom stereocenters. The van der Waals surface area contributed by atoms with E-state index in [1.807, 2.05) is 0 Å². The van der Waals surface area contributed by atoms with Crippen molar-refractivity contribution in [3.05, 3.63) is 46.9 Å². The molecule has 0 spiro atoms. The van der Waals surface area contributed by atoms with Crippen LogP contribution in [0.25, 0.3) is 0 Å². The highest BCUT2D eigenvalue weighted by atomic mass is 19.1. The number of alkyl carbamates (subject to hydrolysis) is 1. The van der Waals surface area contributed by atoms with Crippen LogP contribution in [-0.2, 0) is 14.3 Å². The molecule has 30 heavy (non-hydrogen) atoms. The lowest BCUT2D eigenvalue weighted by molar-refractivity contribution is -0.138. The molecule has 0 radical (unpaired) electrons. The molecule has 1 rings (SSSR count). The van der Waals surface area contributed by atoms with Gasteiger partial charge in [0.05, 0.1) is 18.7 Å². The van der Waals surface area contributed by atoms with E-state index in [0.29, 0.717) is 5.56 Å². The van der Waals surface area contributed by atoms with Gasteiger partial charge >= 0.3 is 12.1 Å². The first-order chi connectivity index (χ1) is 13.9. The number of hydrogen-bond donors (Lipinski definition) is 1. The fourth-order valence-electron chi connectivity index (χ4n) is 2.17. The fraction of sp³-hybridized carbons (Fsp3) is 0.409. The maximum Gasteiger partial charge on any atom is 0.408 e. The minimum absolute atomic E-state index is 0.00414. The highest BCUT2D eigenvalue weighted by molar-refractivity contribution is 6.24. The summed E-state index contributed by atoms with van der Waals surface area (Å²) in [5, 5.41) is 2.48. The first-order valence-corrected chi connectivity index (χ1v) is 9.30. The predicted molar refractivity (Wildman–Crippen MR) is 110 cm³/mol. The van der Waals surface area contributed by atoms with Crippen molar-refractivity contribution in [2.24, 2.45) is 0 Å². The van der Waals surface area contributed by atoms with Crippen molar-refractivity contribution in [3.63, 3.8) is 0 Å². The summed E-state index contributed by atoms with van der Waals surface area (Å²) in [6.07, 6.45) is 0.669. The number of Topliss-reactive ketones (excluding diaryl/α,β-unsaturated/α-hetero) is 1. The van der Waals surface area contributed by atoms with E-state index in [9.17, 15) is 18.8 Å². The van der Waals surface area contributed by atoms with E-state index in [1.54, 1.807) is 41.8 Å². The lowest BCUT2D eigenvalue weighted by atomic mass is 10.0. The molecule has 0 aromatic heterocycles. The molecule has 0 atom stereocenters. The lowest BCUT2D eigenvalue weighted by Crippen LogP contribution is -2.32. The van der Waals surface area contributed by atoms with Crippen LogP contribution >= 0.6 is 0 Å². The molecule has 0 heterocycles. The van der Waals surface area contributed by atoms with Gasteiger partial charge in [0.25, 0.3) is 0 Å². The maximum atomic E-state index is 14.3. The van der Waals surface area contributed by atoms with Crippen LogP contribution < -0.4 is 5.32 Å². The van der Waals surface area contributed by atoms with E-state index in [2.05, 4.69) is 17.2 Å². The Balaban J connectivity index is 3.02. The summed E-state index contributed by atoms with van der Waals surface area (Å²) in [6, 6.07) is 3.74. The Morgan fingerprint density at radius 3 is 2.47 bits per heavy atom. The second-order valence-corrected chi connectivity index (χ2v) is 7.41. The van der Waals surface area contributed by atoms with Crippen LogP contribution in [0.5, 0.6) is 0 Å². The predicted octanol–water partition coefficient (Wildman–Crippen LogP) is 2.89. The molecule has 1 N–H and O–H groups in total. The Morgan fingerprint density at radius 2 is 1.90 bits per heavy atom. The van der Waals surface area contributed by atoms with Gasteiger partial charge in [-0.1, -0.05) is 11.8 Å². The number of carbonyl (C=O) groups excluding carboxylic acids is 3. The summed E-state index contributed by atoms with van der Waals surface area (Å²) in [4.78, 5) is 38.0. The van der Waals surface area contributed by atoms with Gasteiger partial charge in [0.1, 0.15) is 17.0 Å². The Kier molecular flexibility index (Phi) is 9.06. The standard InChI is InChI=1S/C22H27FN2O5/c1-7-29-20(27)17(14-25(5)6)19(26)16-13-15(10-11-18(16)23)9-8-12-24-21(28)30-22(2,3)4/h10-11,13-14H,7,12H2,1-6H3,(H,24,28)/b17-14-. The number of benzene rings is 1. The van der Waals surface area contributed by atoms with Gasteiger partial charge in [0.2, 0.25) is 5.78 Å². The third kappa shape index (κ3) is 8.35. The minimum Gasteiger partial charge on any atom is -0.462 e.